The van der Waals surface area contributed by atoms with E-state index in [1.54, 1.807) is 10.6 Å². The number of pyridine rings is 1. The molecule has 142 valence electrons. The fraction of sp³-hybridized carbons (Fsp3) is 0.500. The van der Waals surface area contributed by atoms with Gasteiger partial charge < -0.3 is 19.7 Å². The van der Waals surface area contributed by atoms with Gasteiger partial charge in [0, 0.05) is 11.9 Å². The van der Waals surface area contributed by atoms with Gasteiger partial charge in [0.05, 0.1) is 24.2 Å². The van der Waals surface area contributed by atoms with Gasteiger partial charge in [0.1, 0.15) is 5.75 Å². The highest BCUT2D eigenvalue weighted by atomic mass is 16.5. The van der Waals surface area contributed by atoms with E-state index in [-0.39, 0.29) is 17.5 Å². The average Bonchev–Trinajstić information content (AvgIpc) is 2.56. The zero-order chi connectivity index (χ0) is 19.3. The second-order valence-electron chi connectivity index (χ2n) is 7.63. The van der Waals surface area contributed by atoms with Gasteiger partial charge >= 0.3 is 6.09 Å². The number of aromatic nitrogens is 1. The first-order valence-electron chi connectivity index (χ1n) is 8.98. The van der Waals surface area contributed by atoms with Gasteiger partial charge in [-0.25, -0.2) is 4.79 Å². The molecule has 1 aromatic carbocycles. The number of amides is 1. The lowest BCUT2D eigenvalue weighted by Gasteiger charge is -2.25. The third-order valence-electron chi connectivity index (χ3n) is 4.02. The molecular formula is C20H28N2O4. The van der Waals surface area contributed by atoms with Crippen LogP contribution < -0.4 is 15.6 Å². The van der Waals surface area contributed by atoms with Crippen LogP contribution in [0.15, 0.2) is 29.1 Å². The normalized spacial score (nSPS) is 11.5. The number of carboxylic acid groups (broad SMARTS) is 1. The molecule has 0 aliphatic rings. The van der Waals surface area contributed by atoms with Crippen LogP contribution in [-0.4, -0.2) is 22.4 Å². The summed E-state index contributed by atoms with van der Waals surface area (Å²) in [6.45, 7) is 9.22. The van der Waals surface area contributed by atoms with Crippen molar-refractivity contribution in [3.8, 4) is 5.75 Å². The van der Waals surface area contributed by atoms with E-state index in [9.17, 15) is 9.59 Å². The summed E-state index contributed by atoms with van der Waals surface area (Å²) >= 11 is 0. The number of ether oxygens (including phenoxy) is 1. The summed E-state index contributed by atoms with van der Waals surface area (Å²) in [6.07, 6.45) is 0.744. The number of hydrogen-bond acceptors (Lipinski definition) is 3. The van der Waals surface area contributed by atoms with Gasteiger partial charge in [-0.3, -0.25) is 4.79 Å². The van der Waals surface area contributed by atoms with Gasteiger partial charge in [0.25, 0.3) is 5.56 Å². The third kappa shape index (κ3) is 4.77. The molecule has 0 fully saturated rings. The second-order valence-corrected chi connectivity index (χ2v) is 7.63. The maximum Gasteiger partial charge on any atom is 0.404 e. The minimum Gasteiger partial charge on any atom is -0.491 e. The minimum atomic E-state index is -1.13. The van der Waals surface area contributed by atoms with Gasteiger partial charge in [-0.1, -0.05) is 52.3 Å². The van der Waals surface area contributed by atoms with E-state index in [1.807, 2.05) is 39.0 Å². The summed E-state index contributed by atoms with van der Waals surface area (Å²) in [5, 5.41) is 12.7. The fourth-order valence-corrected chi connectivity index (χ4v) is 2.87. The van der Waals surface area contributed by atoms with Crippen molar-refractivity contribution in [2.45, 2.75) is 53.6 Å². The Morgan fingerprint density at radius 1 is 1.23 bits per heavy atom. The summed E-state index contributed by atoms with van der Waals surface area (Å²) in [7, 11) is 0. The molecule has 0 bridgehead atoms. The molecule has 6 heteroatoms. The molecule has 0 spiro atoms. The predicted molar refractivity (Wildman–Crippen MR) is 103 cm³/mol. The van der Waals surface area contributed by atoms with E-state index in [0.29, 0.717) is 30.0 Å². The predicted octanol–water partition coefficient (Wildman–Crippen LogP) is 3.99. The Labute approximate surface area is 153 Å². The largest absolute Gasteiger partial charge is 0.491 e. The molecule has 26 heavy (non-hydrogen) atoms. The highest BCUT2D eigenvalue weighted by molar-refractivity contribution is 5.88. The SMILES string of the molecule is CCCCOc1c(CNC(=O)O)n(CC(C)(C)C)c(=O)c2ccccc12. The summed E-state index contributed by atoms with van der Waals surface area (Å²) in [5.74, 6) is 0.589. The van der Waals surface area contributed by atoms with Crippen LogP contribution in [0.25, 0.3) is 10.8 Å². The molecule has 2 N–H and O–H groups in total. The summed E-state index contributed by atoms with van der Waals surface area (Å²) in [6, 6.07) is 7.33. The monoisotopic (exact) mass is 360 g/mol. The molecule has 0 aliphatic carbocycles. The first-order chi connectivity index (χ1) is 12.2. The number of carbonyl (C=O) groups is 1. The first-order valence-corrected chi connectivity index (χ1v) is 8.98. The van der Waals surface area contributed by atoms with Crippen molar-refractivity contribution in [3.05, 3.63) is 40.3 Å². The molecule has 2 aromatic rings. The van der Waals surface area contributed by atoms with E-state index in [4.69, 9.17) is 9.84 Å². The Morgan fingerprint density at radius 2 is 1.88 bits per heavy atom. The second kappa shape index (κ2) is 8.25. The van der Waals surface area contributed by atoms with Gasteiger partial charge in [-0.2, -0.15) is 0 Å². The molecule has 0 unspecified atom stereocenters. The fourth-order valence-electron chi connectivity index (χ4n) is 2.87. The molecule has 6 nitrogen and oxygen atoms in total. The number of nitrogens with one attached hydrogen (secondary N) is 1. The van der Waals surface area contributed by atoms with E-state index in [2.05, 4.69) is 12.2 Å². The maximum absolute atomic E-state index is 13.1. The number of benzene rings is 1. The van der Waals surface area contributed by atoms with Crippen molar-refractivity contribution in [2.75, 3.05) is 6.61 Å². The summed E-state index contributed by atoms with van der Waals surface area (Å²) in [5.41, 5.74) is 0.299. The molecule has 1 heterocycles. The molecule has 0 atom stereocenters. The summed E-state index contributed by atoms with van der Waals surface area (Å²) < 4.78 is 7.69. The number of hydrogen-bond donors (Lipinski definition) is 2. The van der Waals surface area contributed by atoms with Crippen molar-refractivity contribution in [3.63, 3.8) is 0 Å². The Bertz CT molecular complexity index is 834. The molecule has 0 radical (unpaired) electrons. The number of nitrogens with zero attached hydrogens (tertiary/aromatic N) is 1. The lowest BCUT2D eigenvalue weighted by atomic mass is 9.96. The van der Waals surface area contributed by atoms with Crippen molar-refractivity contribution >= 4 is 16.9 Å². The van der Waals surface area contributed by atoms with E-state index >= 15 is 0 Å². The van der Waals surface area contributed by atoms with Gasteiger partial charge in [-0.05, 0) is 17.9 Å². The molecule has 0 aliphatic heterocycles. The van der Waals surface area contributed by atoms with Gasteiger partial charge in [0.15, 0.2) is 0 Å². The molecule has 2 rings (SSSR count). The number of rotatable bonds is 7. The smallest absolute Gasteiger partial charge is 0.404 e. The zero-order valence-electron chi connectivity index (χ0n) is 16.0. The molecule has 1 aromatic heterocycles. The van der Waals surface area contributed by atoms with Crippen molar-refractivity contribution in [1.82, 2.24) is 9.88 Å². The Balaban J connectivity index is 2.70. The van der Waals surface area contributed by atoms with Crippen LogP contribution in [0.2, 0.25) is 0 Å². The average molecular weight is 360 g/mol. The van der Waals surface area contributed by atoms with Crippen LogP contribution in [0.3, 0.4) is 0 Å². The Morgan fingerprint density at radius 3 is 2.46 bits per heavy atom. The van der Waals surface area contributed by atoms with Crippen LogP contribution >= 0.6 is 0 Å². The van der Waals surface area contributed by atoms with Crippen LogP contribution in [0.4, 0.5) is 4.79 Å². The lowest BCUT2D eigenvalue weighted by Crippen LogP contribution is -2.33. The third-order valence-corrected chi connectivity index (χ3v) is 4.02. The van der Waals surface area contributed by atoms with E-state index < -0.39 is 6.09 Å². The topological polar surface area (TPSA) is 80.6 Å². The van der Waals surface area contributed by atoms with Crippen LogP contribution in [0, 0.1) is 5.41 Å². The molecule has 0 saturated carbocycles. The zero-order valence-corrected chi connectivity index (χ0v) is 16.0. The Kier molecular flexibility index (Phi) is 6.29. The van der Waals surface area contributed by atoms with Gasteiger partial charge in [-0.15, -0.1) is 0 Å². The van der Waals surface area contributed by atoms with Crippen LogP contribution in [-0.2, 0) is 13.1 Å². The quantitative estimate of drug-likeness (QED) is 0.732. The van der Waals surface area contributed by atoms with E-state index in [1.165, 1.54) is 0 Å². The molecule has 1 amide bonds. The highest BCUT2D eigenvalue weighted by Gasteiger charge is 2.22. The standard InChI is InChI=1S/C20H28N2O4/c1-5-6-11-26-17-14-9-7-8-10-15(14)18(23)22(13-20(2,3)4)16(17)12-21-19(24)25/h7-10,21H,5-6,11-13H2,1-4H3,(H,24,25). The van der Waals surface area contributed by atoms with Crippen molar-refractivity contribution < 1.29 is 14.6 Å². The first kappa shape index (κ1) is 19.8. The molecular weight excluding hydrogens is 332 g/mol. The van der Waals surface area contributed by atoms with Crippen molar-refractivity contribution in [2.24, 2.45) is 5.41 Å². The minimum absolute atomic E-state index is 0.0208. The van der Waals surface area contributed by atoms with E-state index in [0.717, 1.165) is 18.2 Å². The summed E-state index contributed by atoms with van der Waals surface area (Å²) in [4.78, 5) is 24.1. The van der Waals surface area contributed by atoms with Crippen LogP contribution in [0.1, 0.15) is 46.2 Å². The number of unbranched alkanes of at least 4 members (excludes halogenated alkanes) is 1. The van der Waals surface area contributed by atoms with Crippen molar-refractivity contribution in [1.29, 1.82) is 0 Å². The van der Waals surface area contributed by atoms with Gasteiger partial charge in [0.2, 0.25) is 0 Å². The maximum atomic E-state index is 13.1. The highest BCUT2D eigenvalue weighted by Crippen LogP contribution is 2.30. The lowest BCUT2D eigenvalue weighted by molar-refractivity contribution is 0.193. The Hall–Kier alpha value is -2.50. The van der Waals surface area contributed by atoms with Crippen LogP contribution in [0.5, 0.6) is 5.75 Å². The molecule has 0 saturated heterocycles. The number of fused-ring (bicyclic) bond motifs is 1.